The number of hydrogen-bond donors (Lipinski definition) is 1. The number of nitrogens with zero attached hydrogens (tertiary/aromatic N) is 2. The van der Waals surface area contributed by atoms with E-state index < -0.39 is 0 Å². The smallest absolute Gasteiger partial charge is 0.239 e. The summed E-state index contributed by atoms with van der Waals surface area (Å²) in [6.45, 7) is 6.89. The topological polar surface area (TPSA) is 62.3 Å². The van der Waals surface area contributed by atoms with E-state index in [0.29, 0.717) is 19.0 Å². The van der Waals surface area contributed by atoms with Crippen molar-refractivity contribution in [2.24, 2.45) is 5.92 Å². The van der Waals surface area contributed by atoms with Crippen molar-refractivity contribution in [3.8, 4) is 0 Å². The number of rotatable bonds is 7. The standard InChI is InChI=1S/C15H23N3O2/c1-12(2)6-9-18(13(3)19)11-15(20)17-10-14-4-7-16-8-5-14/h4-5,7-8,12H,6,9-11H2,1-3H3,(H,17,20). The number of carbonyl (C=O) groups excluding carboxylic acids is 2. The van der Waals surface area contributed by atoms with E-state index in [9.17, 15) is 9.59 Å². The lowest BCUT2D eigenvalue weighted by Gasteiger charge is -2.21. The molecule has 1 N–H and O–H groups in total. The van der Waals surface area contributed by atoms with Crippen molar-refractivity contribution in [3.63, 3.8) is 0 Å². The number of hydrogen-bond acceptors (Lipinski definition) is 3. The van der Waals surface area contributed by atoms with Gasteiger partial charge in [0.2, 0.25) is 11.8 Å². The lowest BCUT2D eigenvalue weighted by atomic mass is 10.1. The molecule has 0 unspecified atom stereocenters. The first-order valence-electron chi connectivity index (χ1n) is 6.90. The minimum absolute atomic E-state index is 0.0651. The first kappa shape index (κ1) is 16.1. The van der Waals surface area contributed by atoms with Crippen molar-refractivity contribution < 1.29 is 9.59 Å². The van der Waals surface area contributed by atoms with E-state index in [2.05, 4.69) is 24.1 Å². The summed E-state index contributed by atoms with van der Waals surface area (Å²) in [5.41, 5.74) is 0.991. The summed E-state index contributed by atoms with van der Waals surface area (Å²) in [6.07, 6.45) is 4.27. The van der Waals surface area contributed by atoms with E-state index in [0.717, 1.165) is 12.0 Å². The highest BCUT2D eigenvalue weighted by Gasteiger charge is 2.13. The zero-order valence-electron chi connectivity index (χ0n) is 12.4. The molecule has 0 saturated heterocycles. The number of nitrogens with one attached hydrogen (secondary N) is 1. The van der Waals surface area contributed by atoms with Crippen LogP contribution in [-0.2, 0) is 16.1 Å². The monoisotopic (exact) mass is 277 g/mol. The van der Waals surface area contributed by atoms with Crippen LogP contribution < -0.4 is 5.32 Å². The number of aromatic nitrogens is 1. The summed E-state index contributed by atoms with van der Waals surface area (Å²) < 4.78 is 0. The zero-order chi connectivity index (χ0) is 15.0. The lowest BCUT2D eigenvalue weighted by Crippen LogP contribution is -2.40. The highest BCUT2D eigenvalue weighted by Crippen LogP contribution is 2.02. The minimum Gasteiger partial charge on any atom is -0.350 e. The second-order valence-corrected chi connectivity index (χ2v) is 5.26. The van der Waals surface area contributed by atoms with Crippen LogP contribution in [0.25, 0.3) is 0 Å². The normalized spacial score (nSPS) is 10.4. The fourth-order valence-electron chi connectivity index (χ4n) is 1.69. The minimum atomic E-state index is -0.138. The van der Waals surface area contributed by atoms with Crippen LogP contribution in [0.4, 0.5) is 0 Å². The van der Waals surface area contributed by atoms with Gasteiger partial charge in [0.25, 0.3) is 0 Å². The number of pyridine rings is 1. The summed E-state index contributed by atoms with van der Waals surface area (Å²) in [7, 11) is 0. The summed E-state index contributed by atoms with van der Waals surface area (Å²) >= 11 is 0. The summed E-state index contributed by atoms with van der Waals surface area (Å²) in [6, 6.07) is 3.70. The second-order valence-electron chi connectivity index (χ2n) is 5.26. The number of amides is 2. The molecule has 1 aromatic rings. The molecule has 1 aromatic heterocycles. The largest absolute Gasteiger partial charge is 0.350 e. The van der Waals surface area contributed by atoms with Gasteiger partial charge in [-0.15, -0.1) is 0 Å². The van der Waals surface area contributed by atoms with Gasteiger partial charge in [-0.1, -0.05) is 13.8 Å². The van der Waals surface area contributed by atoms with Gasteiger partial charge in [0, 0.05) is 32.4 Å². The first-order valence-corrected chi connectivity index (χ1v) is 6.90. The highest BCUT2D eigenvalue weighted by molar-refractivity contribution is 5.83. The third-order valence-corrected chi connectivity index (χ3v) is 3.00. The highest BCUT2D eigenvalue weighted by atomic mass is 16.2. The van der Waals surface area contributed by atoms with Crippen molar-refractivity contribution >= 4 is 11.8 Å². The molecular formula is C15H23N3O2. The van der Waals surface area contributed by atoms with E-state index in [1.165, 1.54) is 6.92 Å². The van der Waals surface area contributed by atoms with Gasteiger partial charge in [0.15, 0.2) is 0 Å². The van der Waals surface area contributed by atoms with Crippen LogP contribution in [0, 0.1) is 5.92 Å². The van der Waals surface area contributed by atoms with Gasteiger partial charge >= 0.3 is 0 Å². The van der Waals surface area contributed by atoms with Gasteiger partial charge < -0.3 is 10.2 Å². The molecule has 0 aliphatic heterocycles. The molecule has 5 heteroatoms. The first-order chi connectivity index (χ1) is 9.49. The third kappa shape index (κ3) is 6.31. The van der Waals surface area contributed by atoms with E-state index >= 15 is 0 Å². The van der Waals surface area contributed by atoms with Gasteiger partial charge in [-0.05, 0) is 30.0 Å². The molecule has 0 aliphatic rings. The summed E-state index contributed by atoms with van der Waals surface area (Å²) in [5.74, 6) is 0.308. The Morgan fingerprint density at radius 2 is 1.95 bits per heavy atom. The van der Waals surface area contributed by atoms with E-state index in [1.54, 1.807) is 17.3 Å². The fraction of sp³-hybridized carbons (Fsp3) is 0.533. The predicted octanol–water partition coefficient (Wildman–Crippen LogP) is 1.59. The van der Waals surface area contributed by atoms with Gasteiger partial charge in [-0.2, -0.15) is 0 Å². The Morgan fingerprint density at radius 3 is 2.50 bits per heavy atom. The molecule has 0 aliphatic carbocycles. The molecule has 0 saturated carbocycles. The van der Waals surface area contributed by atoms with Crippen molar-refractivity contribution in [1.82, 2.24) is 15.2 Å². The Bertz CT molecular complexity index is 432. The van der Waals surface area contributed by atoms with Crippen LogP contribution in [0.2, 0.25) is 0 Å². The Balaban J connectivity index is 2.40. The number of carbonyl (C=O) groups is 2. The van der Waals surface area contributed by atoms with Crippen LogP contribution >= 0.6 is 0 Å². The predicted molar refractivity (Wildman–Crippen MR) is 77.8 cm³/mol. The van der Waals surface area contributed by atoms with Crippen LogP contribution in [0.5, 0.6) is 0 Å². The molecule has 110 valence electrons. The Labute approximate surface area is 120 Å². The molecule has 0 spiro atoms. The SMILES string of the molecule is CC(=O)N(CCC(C)C)CC(=O)NCc1ccncc1. The van der Waals surface area contributed by atoms with Crippen LogP contribution in [0.3, 0.4) is 0 Å². The van der Waals surface area contributed by atoms with Crippen molar-refractivity contribution in [3.05, 3.63) is 30.1 Å². The van der Waals surface area contributed by atoms with Crippen LogP contribution in [0.15, 0.2) is 24.5 Å². The Morgan fingerprint density at radius 1 is 1.30 bits per heavy atom. The van der Waals surface area contributed by atoms with Gasteiger partial charge in [0.1, 0.15) is 0 Å². The second kappa shape index (κ2) is 8.30. The van der Waals surface area contributed by atoms with E-state index in [-0.39, 0.29) is 18.4 Å². The van der Waals surface area contributed by atoms with E-state index in [1.807, 2.05) is 12.1 Å². The average Bonchev–Trinajstić information content (AvgIpc) is 2.41. The Hall–Kier alpha value is -1.91. The molecule has 0 aromatic carbocycles. The quantitative estimate of drug-likeness (QED) is 0.823. The molecule has 5 nitrogen and oxygen atoms in total. The molecular weight excluding hydrogens is 254 g/mol. The van der Waals surface area contributed by atoms with Crippen LogP contribution in [-0.4, -0.2) is 34.8 Å². The van der Waals surface area contributed by atoms with Crippen LogP contribution in [0.1, 0.15) is 32.8 Å². The molecule has 1 heterocycles. The maximum absolute atomic E-state index is 11.9. The van der Waals surface area contributed by atoms with Crippen molar-refractivity contribution in [2.75, 3.05) is 13.1 Å². The van der Waals surface area contributed by atoms with Crippen molar-refractivity contribution in [1.29, 1.82) is 0 Å². The van der Waals surface area contributed by atoms with Gasteiger partial charge in [-0.3, -0.25) is 14.6 Å². The third-order valence-electron chi connectivity index (χ3n) is 3.00. The Kier molecular flexibility index (Phi) is 6.70. The summed E-state index contributed by atoms with van der Waals surface area (Å²) in [4.78, 5) is 28.9. The van der Waals surface area contributed by atoms with Gasteiger partial charge in [0.05, 0.1) is 6.54 Å². The average molecular weight is 277 g/mol. The molecule has 0 radical (unpaired) electrons. The maximum Gasteiger partial charge on any atom is 0.239 e. The molecule has 0 fully saturated rings. The molecule has 0 atom stereocenters. The van der Waals surface area contributed by atoms with E-state index in [4.69, 9.17) is 0 Å². The molecule has 2 amide bonds. The lowest BCUT2D eigenvalue weighted by molar-refractivity contribution is -0.134. The van der Waals surface area contributed by atoms with Crippen molar-refractivity contribution in [2.45, 2.75) is 33.7 Å². The fourth-order valence-corrected chi connectivity index (χ4v) is 1.69. The van der Waals surface area contributed by atoms with Gasteiger partial charge in [-0.25, -0.2) is 0 Å². The molecule has 0 bridgehead atoms. The maximum atomic E-state index is 11.9. The summed E-state index contributed by atoms with van der Waals surface area (Å²) in [5, 5.41) is 2.81. The molecule has 20 heavy (non-hydrogen) atoms. The molecule has 1 rings (SSSR count). The zero-order valence-corrected chi connectivity index (χ0v) is 12.4.